The fourth-order valence-corrected chi connectivity index (χ4v) is 5.07. The number of halogens is 2. The largest absolute Gasteiger partial charge is 0.384 e. The van der Waals surface area contributed by atoms with Crippen LogP contribution in [0, 0.1) is 0 Å². The van der Waals surface area contributed by atoms with Gasteiger partial charge in [0, 0.05) is 12.7 Å². The van der Waals surface area contributed by atoms with Crippen molar-refractivity contribution in [3.8, 4) is 0 Å². The average molecular weight is 406 g/mol. The van der Waals surface area contributed by atoms with Crippen LogP contribution in [0.2, 0.25) is 0 Å². The molecular formula is C9H10Br2O4S2. The van der Waals surface area contributed by atoms with Gasteiger partial charge in [-0.3, -0.25) is 4.79 Å². The highest BCUT2D eigenvalue weighted by molar-refractivity contribution is 9.12. The molecule has 96 valence electrons. The number of rotatable bonds is 6. The monoisotopic (exact) mass is 404 g/mol. The third kappa shape index (κ3) is 4.78. The molecule has 0 atom stereocenters. The van der Waals surface area contributed by atoms with E-state index < -0.39 is 21.4 Å². The number of methoxy groups -OCH3 is 1. The number of Topliss-reactive ketones (excluding diaryl/α,β-unsaturated/α-hetero) is 1. The van der Waals surface area contributed by atoms with E-state index in [1.807, 2.05) is 0 Å². The van der Waals surface area contributed by atoms with E-state index >= 15 is 0 Å². The van der Waals surface area contributed by atoms with Crippen LogP contribution in [0.25, 0.3) is 0 Å². The summed E-state index contributed by atoms with van der Waals surface area (Å²) in [6.07, 6.45) is 0. The number of carbonyl (C=O) groups excluding carboxylic acids is 1. The van der Waals surface area contributed by atoms with E-state index in [4.69, 9.17) is 0 Å². The van der Waals surface area contributed by atoms with Crippen molar-refractivity contribution >= 4 is 58.8 Å². The lowest BCUT2D eigenvalue weighted by Gasteiger charge is -2.02. The first kappa shape index (κ1) is 15.3. The number of thiophene rings is 1. The highest BCUT2D eigenvalue weighted by Crippen LogP contribution is 2.32. The van der Waals surface area contributed by atoms with Crippen molar-refractivity contribution in [2.24, 2.45) is 0 Å². The molecule has 0 saturated carbocycles. The van der Waals surface area contributed by atoms with E-state index in [-0.39, 0.29) is 12.4 Å². The third-order valence-electron chi connectivity index (χ3n) is 1.91. The fraction of sp³-hybridized carbons (Fsp3) is 0.444. The average Bonchev–Trinajstić information content (AvgIpc) is 2.54. The highest BCUT2D eigenvalue weighted by atomic mass is 79.9. The van der Waals surface area contributed by atoms with Crippen LogP contribution in [-0.2, 0) is 14.6 Å². The summed E-state index contributed by atoms with van der Waals surface area (Å²) in [6, 6.07) is 1.61. The molecular weight excluding hydrogens is 396 g/mol. The summed E-state index contributed by atoms with van der Waals surface area (Å²) in [4.78, 5) is 11.8. The van der Waals surface area contributed by atoms with E-state index in [0.29, 0.717) is 9.35 Å². The zero-order valence-corrected chi connectivity index (χ0v) is 13.7. The molecule has 1 rings (SSSR count). The van der Waals surface area contributed by atoms with Gasteiger partial charge in [-0.2, -0.15) is 0 Å². The van der Waals surface area contributed by atoms with Crippen LogP contribution < -0.4 is 0 Å². The molecule has 0 aliphatic heterocycles. The zero-order chi connectivity index (χ0) is 13.1. The van der Waals surface area contributed by atoms with Crippen molar-refractivity contribution in [1.29, 1.82) is 0 Å². The Morgan fingerprint density at radius 2 is 2.12 bits per heavy atom. The number of carbonyl (C=O) groups is 1. The first-order valence-electron chi connectivity index (χ1n) is 4.53. The van der Waals surface area contributed by atoms with Crippen LogP contribution in [0.15, 0.2) is 13.6 Å². The second-order valence-corrected chi connectivity index (χ2v) is 9.18. The minimum absolute atomic E-state index is 0.101. The number of ketones is 1. The van der Waals surface area contributed by atoms with Gasteiger partial charge in [-0.25, -0.2) is 8.42 Å². The van der Waals surface area contributed by atoms with E-state index in [0.717, 1.165) is 3.79 Å². The Morgan fingerprint density at radius 3 is 2.59 bits per heavy atom. The Morgan fingerprint density at radius 1 is 1.47 bits per heavy atom. The van der Waals surface area contributed by atoms with Crippen LogP contribution in [0.5, 0.6) is 0 Å². The van der Waals surface area contributed by atoms with Crippen LogP contribution in [0.1, 0.15) is 10.4 Å². The summed E-state index contributed by atoms with van der Waals surface area (Å²) >= 11 is 7.80. The SMILES string of the molecule is COCCS(=O)(=O)CC(=O)c1cc(Br)sc1Br. The van der Waals surface area contributed by atoms with Crippen molar-refractivity contribution < 1.29 is 17.9 Å². The molecule has 17 heavy (non-hydrogen) atoms. The summed E-state index contributed by atoms with van der Waals surface area (Å²) in [7, 11) is -1.98. The molecule has 0 amide bonds. The normalized spacial score (nSPS) is 11.7. The molecule has 0 aliphatic carbocycles. The molecule has 0 N–H and O–H groups in total. The maximum atomic E-state index is 11.8. The molecule has 0 spiro atoms. The van der Waals surface area contributed by atoms with Crippen molar-refractivity contribution in [2.75, 3.05) is 25.2 Å². The maximum Gasteiger partial charge on any atom is 0.179 e. The number of ether oxygens (including phenoxy) is 1. The van der Waals surface area contributed by atoms with Gasteiger partial charge in [0.15, 0.2) is 15.6 Å². The Hall–Kier alpha value is 0.240. The quantitative estimate of drug-likeness (QED) is 0.682. The van der Waals surface area contributed by atoms with Crippen molar-refractivity contribution in [2.45, 2.75) is 0 Å². The number of hydrogen-bond donors (Lipinski definition) is 0. The van der Waals surface area contributed by atoms with E-state index in [9.17, 15) is 13.2 Å². The van der Waals surface area contributed by atoms with Gasteiger partial charge >= 0.3 is 0 Å². The second-order valence-electron chi connectivity index (χ2n) is 3.25. The summed E-state index contributed by atoms with van der Waals surface area (Å²) in [5, 5.41) is 0. The number of sulfone groups is 1. The van der Waals surface area contributed by atoms with Gasteiger partial charge < -0.3 is 4.74 Å². The molecule has 0 unspecified atom stereocenters. The van der Waals surface area contributed by atoms with E-state index in [1.165, 1.54) is 18.4 Å². The summed E-state index contributed by atoms with van der Waals surface area (Å²) < 4.78 is 29.2. The molecule has 1 aromatic heterocycles. The van der Waals surface area contributed by atoms with Gasteiger partial charge in [-0.05, 0) is 37.9 Å². The van der Waals surface area contributed by atoms with Crippen molar-refractivity contribution in [1.82, 2.24) is 0 Å². The topological polar surface area (TPSA) is 60.4 Å². The summed E-state index contributed by atoms with van der Waals surface area (Å²) in [6.45, 7) is 0.101. The molecule has 1 heterocycles. The van der Waals surface area contributed by atoms with Gasteiger partial charge in [0.2, 0.25) is 0 Å². The lowest BCUT2D eigenvalue weighted by Crippen LogP contribution is -2.21. The Labute approximate surface area is 121 Å². The van der Waals surface area contributed by atoms with Gasteiger partial charge in [-0.15, -0.1) is 11.3 Å². The van der Waals surface area contributed by atoms with Crippen LogP contribution in [0.3, 0.4) is 0 Å². The lowest BCUT2D eigenvalue weighted by molar-refractivity contribution is 0.102. The molecule has 0 aromatic carbocycles. The minimum atomic E-state index is -3.40. The van der Waals surface area contributed by atoms with Crippen LogP contribution in [0.4, 0.5) is 0 Å². The van der Waals surface area contributed by atoms with Gasteiger partial charge in [0.1, 0.15) is 5.75 Å². The van der Waals surface area contributed by atoms with Crippen molar-refractivity contribution in [3.63, 3.8) is 0 Å². The first-order valence-corrected chi connectivity index (χ1v) is 8.75. The number of hydrogen-bond acceptors (Lipinski definition) is 5. The maximum absolute atomic E-state index is 11.8. The molecule has 8 heteroatoms. The Kier molecular flexibility index (Phi) is 5.78. The van der Waals surface area contributed by atoms with Gasteiger partial charge in [0.05, 0.1) is 19.9 Å². The van der Waals surface area contributed by atoms with E-state index in [2.05, 4.69) is 36.6 Å². The molecule has 0 saturated heterocycles. The minimum Gasteiger partial charge on any atom is -0.384 e. The molecule has 4 nitrogen and oxygen atoms in total. The Bertz CT molecular complexity index is 507. The summed E-state index contributed by atoms with van der Waals surface area (Å²) in [5.41, 5.74) is 0.392. The molecule has 0 bridgehead atoms. The standard InChI is InChI=1S/C9H10Br2O4S2/c1-15-2-3-17(13,14)5-7(12)6-4-8(10)16-9(6)11/h4H,2-3,5H2,1H3. The predicted molar refractivity (Wildman–Crippen MR) is 74.6 cm³/mol. The Balaban J connectivity index is 2.76. The lowest BCUT2D eigenvalue weighted by atomic mass is 10.2. The first-order chi connectivity index (χ1) is 7.85. The molecule has 0 fully saturated rings. The smallest absolute Gasteiger partial charge is 0.179 e. The van der Waals surface area contributed by atoms with Gasteiger partial charge in [-0.1, -0.05) is 0 Å². The molecule has 0 aliphatic rings. The highest BCUT2D eigenvalue weighted by Gasteiger charge is 2.21. The summed E-state index contributed by atoms with van der Waals surface area (Å²) in [5.74, 6) is -1.04. The molecule has 0 radical (unpaired) electrons. The second kappa shape index (κ2) is 6.42. The third-order valence-corrected chi connectivity index (χ3v) is 5.74. The zero-order valence-electron chi connectivity index (χ0n) is 8.90. The fourth-order valence-electron chi connectivity index (χ4n) is 1.09. The van der Waals surface area contributed by atoms with Crippen LogP contribution >= 0.6 is 43.2 Å². The van der Waals surface area contributed by atoms with E-state index in [1.54, 1.807) is 6.07 Å². The predicted octanol–water partition coefficient (Wildman–Crippen LogP) is 2.52. The van der Waals surface area contributed by atoms with Crippen molar-refractivity contribution in [3.05, 3.63) is 19.2 Å². The van der Waals surface area contributed by atoms with Gasteiger partial charge in [0.25, 0.3) is 0 Å². The van der Waals surface area contributed by atoms with Crippen LogP contribution in [-0.4, -0.2) is 39.4 Å². The molecule has 1 aromatic rings.